The summed E-state index contributed by atoms with van der Waals surface area (Å²) in [5.74, 6) is 0.550. The highest BCUT2D eigenvalue weighted by Crippen LogP contribution is 2.53. The summed E-state index contributed by atoms with van der Waals surface area (Å²) in [6.07, 6.45) is 0. The number of aliphatic carboxylic acids is 1. The maximum absolute atomic E-state index is 11.3. The number of ether oxygens (including phenoxy) is 2. The van der Waals surface area contributed by atoms with E-state index in [0.717, 1.165) is 73.6 Å². The molecule has 7 nitrogen and oxygen atoms in total. The van der Waals surface area contributed by atoms with Gasteiger partial charge < -0.3 is 19.5 Å². The lowest BCUT2D eigenvalue weighted by Crippen LogP contribution is -2.35. The van der Waals surface area contributed by atoms with Crippen molar-refractivity contribution in [1.82, 2.24) is 9.88 Å². The fourth-order valence-electron chi connectivity index (χ4n) is 5.74. The van der Waals surface area contributed by atoms with E-state index in [0.29, 0.717) is 6.61 Å². The summed E-state index contributed by atoms with van der Waals surface area (Å²) in [7, 11) is 0. The Morgan fingerprint density at radius 1 is 1.14 bits per heavy atom. The first-order chi connectivity index (χ1) is 18.0. The molecule has 1 N–H and O–H groups in total. The van der Waals surface area contributed by atoms with Crippen molar-refractivity contribution in [2.45, 2.75) is 27.0 Å². The zero-order valence-electron chi connectivity index (χ0n) is 21.4. The summed E-state index contributed by atoms with van der Waals surface area (Å²) in [6.45, 7) is 10.9. The van der Waals surface area contributed by atoms with Crippen LogP contribution in [-0.4, -0.2) is 60.4 Å². The monoisotopic (exact) mass is 519 g/mol. The Labute approximate surface area is 221 Å². The summed E-state index contributed by atoms with van der Waals surface area (Å²) in [5, 5.41) is 12.4. The number of carboxylic acid groups (broad SMARTS) is 1. The number of aryl methyl sites for hydroxylation is 2. The molecule has 194 valence electrons. The molecule has 2 unspecified atom stereocenters. The van der Waals surface area contributed by atoms with Crippen molar-refractivity contribution in [3.8, 4) is 17.0 Å². The Balaban J connectivity index is 1.13. The summed E-state index contributed by atoms with van der Waals surface area (Å²) in [5.41, 5.74) is 6.81. The molecule has 1 aliphatic carbocycles. The van der Waals surface area contributed by atoms with Crippen molar-refractivity contribution in [2.75, 3.05) is 44.3 Å². The highest BCUT2D eigenvalue weighted by atomic mass is 32.1. The fraction of sp³-hybridized carbons (Fsp3) is 0.448. The second kappa shape index (κ2) is 10.1. The van der Waals surface area contributed by atoms with Gasteiger partial charge in [0.25, 0.3) is 0 Å². The number of thiazole rings is 1. The quantitative estimate of drug-likeness (QED) is 0.466. The number of carbonyl (C=O) groups is 1. The second-order valence-electron chi connectivity index (χ2n) is 10.5. The molecule has 1 aromatic heterocycles. The van der Waals surface area contributed by atoms with Gasteiger partial charge in [0, 0.05) is 43.7 Å². The molecule has 8 heteroatoms. The van der Waals surface area contributed by atoms with Gasteiger partial charge in [0.2, 0.25) is 0 Å². The molecule has 3 fully saturated rings. The van der Waals surface area contributed by atoms with Crippen molar-refractivity contribution >= 4 is 22.4 Å². The second-order valence-corrected chi connectivity index (χ2v) is 11.4. The molecular weight excluding hydrogens is 486 g/mol. The molecule has 3 aliphatic rings. The number of aromatic nitrogens is 1. The number of nitrogens with zero attached hydrogens (tertiary/aromatic N) is 3. The van der Waals surface area contributed by atoms with Crippen LogP contribution in [0.3, 0.4) is 0 Å². The van der Waals surface area contributed by atoms with E-state index in [2.05, 4.69) is 59.4 Å². The molecule has 37 heavy (non-hydrogen) atoms. The van der Waals surface area contributed by atoms with Gasteiger partial charge in [0.15, 0.2) is 5.13 Å². The van der Waals surface area contributed by atoms with Crippen molar-refractivity contribution in [2.24, 2.45) is 17.8 Å². The minimum Gasteiger partial charge on any atom is -0.488 e. The Bertz CT molecular complexity index is 1290. The third-order valence-electron chi connectivity index (χ3n) is 7.95. The number of carboxylic acids is 1. The van der Waals surface area contributed by atoms with Crippen molar-refractivity contribution < 1.29 is 19.4 Å². The molecule has 0 amide bonds. The maximum Gasteiger partial charge on any atom is 0.307 e. The Morgan fingerprint density at radius 3 is 2.65 bits per heavy atom. The largest absolute Gasteiger partial charge is 0.488 e. The minimum absolute atomic E-state index is 0.163. The number of morpholine rings is 1. The molecule has 3 heterocycles. The first-order valence-electron chi connectivity index (χ1n) is 13.0. The van der Waals surface area contributed by atoms with E-state index in [-0.39, 0.29) is 17.8 Å². The molecule has 0 bridgehead atoms. The number of piperidine rings is 1. The van der Waals surface area contributed by atoms with Crippen LogP contribution in [-0.2, 0) is 22.7 Å². The van der Waals surface area contributed by atoms with E-state index < -0.39 is 5.97 Å². The van der Waals surface area contributed by atoms with E-state index in [9.17, 15) is 9.90 Å². The van der Waals surface area contributed by atoms with Crippen molar-refractivity contribution in [3.63, 3.8) is 0 Å². The van der Waals surface area contributed by atoms with Crippen LogP contribution in [0, 0.1) is 31.6 Å². The third kappa shape index (κ3) is 5.10. The molecule has 2 saturated heterocycles. The zero-order valence-corrected chi connectivity index (χ0v) is 22.2. The van der Waals surface area contributed by atoms with E-state index in [1.165, 1.54) is 16.7 Å². The van der Waals surface area contributed by atoms with E-state index >= 15 is 0 Å². The molecule has 1 saturated carbocycles. The normalized spacial score (nSPS) is 23.2. The van der Waals surface area contributed by atoms with E-state index in [1.807, 2.05) is 6.07 Å². The van der Waals surface area contributed by atoms with Crippen LogP contribution >= 0.6 is 11.3 Å². The highest BCUT2D eigenvalue weighted by molar-refractivity contribution is 7.14. The van der Waals surface area contributed by atoms with Gasteiger partial charge in [-0.15, -0.1) is 11.3 Å². The van der Waals surface area contributed by atoms with Crippen LogP contribution in [0.2, 0.25) is 0 Å². The SMILES string of the molecule is Cc1ccc(OCc2ccc(CN3CCOCC3)cc2C)c(-c2csc(N3CC4C(C3)C4C(=O)O)n2)c1. The van der Waals surface area contributed by atoms with Gasteiger partial charge in [0.1, 0.15) is 12.4 Å². The molecule has 0 radical (unpaired) electrons. The molecule has 2 atom stereocenters. The number of anilines is 1. The average Bonchev–Trinajstić information content (AvgIpc) is 3.21. The van der Waals surface area contributed by atoms with Gasteiger partial charge in [-0.05, 0) is 54.5 Å². The lowest BCUT2D eigenvalue weighted by molar-refractivity contribution is -0.139. The lowest BCUT2D eigenvalue weighted by atomic mass is 10.0. The standard InChI is InChI=1S/C29H33N3O4S/c1-18-3-6-26(36-16-21-5-4-20(12-19(21)2)13-31-7-9-35-10-8-31)22(11-18)25-17-37-29(30-25)32-14-23-24(15-32)27(23)28(33)34/h3-6,11-12,17,23-24,27H,7-10,13-16H2,1-2H3,(H,33,34). The minimum atomic E-state index is -0.655. The molecule has 2 aromatic carbocycles. The van der Waals surface area contributed by atoms with Gasteiger partial charge in [-0.1, -0.05) is 29.8 Å². The molecule has 6 rings (SSSR count). The summed E-state index contributed by atoms with van der Waals surface area (Å²) >= 11 is 1.62. The molecule has 0 spiro atoms. The van der Waals surface area contributed by atoms with Crippen LogP contribution in [0.25, 0.3) is 11.3 Å². The summed E-state index contributed by atoms with van der Waals surface area (Å²) < 4.78 is 11.8. The number of hydrogen-bond donors (Lipinski definition) is 1. The Hall–Kier alpha value is -2.94. The van der Waals surface area contributed by atoms with Gasteiger partial charge in [-0.25, -0.2) is 4.98 Å². The predicted octanol–water partition coefficient (Wildman–Crippen LogP) is 4.60. The van der Waals surface area contributed by atoms with Gasteiger partial charge in [0.05, 0.1) is 24.8 Å². The Kier molecular flexibility index (Phi) is 6.65. The topological polar surface area (TPSA) is 75.1 Å². The van der Waals surface area contributed by atoms with E-state index in [1.54, 1.807) is 11.3 Å². The Morgan fingerprint density at radius 2 is 1.92 bits per heavy atom. The van der Waals surface area contributed by atoms with Crippen LogP contribution in [0.5, 0.6) is 5.75 Å². The fourth-order valence-corrected chi connectivity index (χ4v) is 6.59. The third-order valence-corrected chi connectivity index (χ3v) is 8.85. The van der Waals surface area contributed by atoms with Crippen LogP contribution in [0.15, 0.2) is 41.8 Å². The average molecular weight is 520 g/mol. The summed E-state index contributed by atoms with van der Waals surface area (Å²) in [4.78, 5) is 20.9. The molecule has 2 aliphatic heterocycles. The molecular formula is C29H33N3O4S. The smallest absolute Gasteiger partial charge is 0.307 e. The summed E-state index contributed by atoms with van der Waals surface area (Å²) in [6, 6.07) is 12.9. The molecule has 3 aromatic rings. The number of benzene rings is 2. The van der Waals surface area contributed by atoms with Crippen molar-refractivity contribution in [1.29, 1.82) is 0 Å². The predicted molar refractivity (Wildman–Crippen MR) is 144 cm³/mol. The highest BCUT2D eigenvalue weighted by Gasteiger charge is 2.60. The number of rotatable bonds is 8. The van der Waals surface area contributed by atoms with Crippen LogP contribution < -0.4 is 9.64 Å². The van der Waals surface area contributed by atoms with Gasteiger partial charge in [-0.3, -0.25) is 9.69 Å². The van der Waals surface area contributed by atoms with Crippen LogP contribution in [0.1, 0.15) is 22.3 Å². The lowest BCUT2D eigenvalue weighted by Gasteiger charge is -2.26. The van der Waals surface area contributed by atoms with E-state index in [4.69, 9.17) is 14.5 Å². The number of hydrogen-bond acceptors (Lipinski definition) is 7. The number of fused-ring (bicyclic) bond motifs is 1. The zero-order chi connectivity index (χ0) is 25.5. The first kappa shape index (κ1) is 24.4. The maximum atomic E-state index is 11.3. The van der Waals surface area contributed by atoms with Gasteiger partial charge in [-0.2, -0.15) is 0 Å². The first-order valence-corrected chi connectivity index (χ1v) is 13.9. The van der Waals surface area contributed by atoms with Crippen molar-refractivity contribution in [3.05, 3.63) is 64.0 Å². The van der Waals surface area contributed by atoms with Crippen LogP contribution in [0.4, 0.5) is 5.13 Å². The van der Waals surface area contributed by atoms with Gasteiger partial charge >= 0.3 is 5.97 Å².